The van der Waals surface area contributed by atoms with Gasteiger partial charge in [-0.15, -0.1) is 0 Å². The van der Waals surface area contributed by atoms with E-state index in [-0.39, 0.29) is 6.42 Å². The van der Waals surface area contributed by atoms with E-state index in [9.17, 15) is 25.7 Å². The number of hydrogen-bond acceptors (Lipinski definition) is 6. The average molecular weight is 453 g/mol. The molecule has 0 heterocycles. The smallest absolute Gasteiger partial charge is 0.254 e. The molecule has 0 aromatic heterocycles. The van der Waals surface area contributed by atoms with Crippen molar-refractivity contribution in [3.05, 3.63) is 112 Å². The van der Waals surface area contributed by atoms with Gasteiger partial charge in [-0.1, -0.05) is 72.8 Å². The standard InChI is InChI=1S/C27H23N3O4/c1-34-22-14-12-19(13-15-22)23-16-27(31,21-10-6-3-7-11-21)25(30(32)33)24(26(23,17-28)18-29)20-8-4-2-5-9-20/h2-15,23-25,31H,16H2,1H3/t23?,24-,25-,27-/m1/s1. The van der Waals surface area contributed by atoms with Crippen LogP contribution in [0.4, 0.5) is 0 Å². The van der Waals surface area contributed by atoms with Crippen molar-refractivity contribution in [2.45, 2.75) is 29.9 Å². The molecule has 0 radical (unpaired) electrons. The number of benzene rings is 3. The highest BCUT2D eigenvalue weighted by Crippen LogP contribution is 2.60. The summed E-state index contributed by atoms with van der Waals surface area (Å²) < 4.78 is 5.24. The summed E-state index contributed by atoms with van der Waals surface area (Å²) in [4.78, 5) is 12.0. The molecule has 3 aromatic carbocycles. The van der Waals surface area contributed by atoms with Crippen molar-refractivity contribution in [1.29, 1.82) is 10.5 Å². The molecule has 170 valence electrons. The zero-order valence-electron chi connectivity index (χ0n) is 18.5. The van der Waals surface area contributed by atoms with Gasteiger partial charge in [-0.3, -0.25) is 10.1 Å². The SMILES string of the molecule is COc1ccc(C2C[C@@](O)(c3ccccc3)[C@H]([N+](=O)[O-])[C@@H](c3ccccc3)C2(C#N)C#N)cc1. The monoisotopic (exact) mass is 453 g/mol. The second-order valence-electron chi connectivity index (χ2n) is 8.53. The molecule has 3 aromatic rings. The van der Waals surface area contributed by atoms with Gasteiger partial charge in [-0.2, -0.15) is 10.5 Å². The molecular weight excluding hydrogens is 430 g/mol. The average Bonchev–Trinajstić information content (AvgIpc) is 2.89. The van der Waals surface area contributed by atoms with E-state index in [1.54, 1.807) is 84.9 Å². The van der Waals surface area contributed by atoms with Gasteiger partial charge in [-0.25, -0.2) is 0 Å². The summed E-state index contributed by atoms with van der Waals surface area (Å²) in [6.07, 6.45) is -0.167. The van der Waals surface area contributed by atoms with Gasteiger partial charge in [0.05, 0.1) is 25.2 Å². The summed E-state index contributed by atoms with van der Waals surface area (Å²) in [5, 5.41) is 45.5. The number of hydrogen-bond donors (Lipinski definition) is 1. The van der Waals surface area contributed by atoms with E-state index in [1.807, 2.05) is 0 Å². The summed E-state index contributed by atoms with van der Waals surface area (Å²) in [6, 6.07) is 26.6. The van der Waals surface area contributed by atoms with E-state index in [4.69, 9.17) is 4.74 Å². The fourth-order valence-corrected chi connectivity index (χ4v) is 5.29. The van der Waals surface area contributed by atoms with Crippen LogP contribution in [0.15, 0.2) is 84.9 Å². The number of nitriles is 2. The quantitative estimate of drug-likeness (QED) is 0.447. The van der Waals surface area contributed by atoms with Crippen molar-refractivity contribution in [2.75, 3.05) is 7.11 Å². The summed E-state index contributed by atoms with van der Waals surface area (Å²) in [7, 11) is 1.53. The first-order chi connectivity index (χ1) is 16.4. The van der Waals surface area contributed by atoms with Gasteiger partial charge >= 0.3 is 0 Å². The van der Waals surface area contributed by atoms with Crippen molar-refractivity contribution >= 4 is 0 Å². The van der Waals surface area contributed by atoms with E-state index in [0.717, 1.165) is 0 Å². The molecule has 0 bridgehead atoms. The molecule has 7 heteroatoms. The van der Waals surface area contributed by atoms with E-state index in [1.165, 1.54) is 7.11 Å². The molecule has 1 unspecified atom stereocenters. The van der Waals surface area contributed by atoms with Crippen LogP contribution < -0.4 is 4.74 Å². The first kappa shape index (κ1) is 23.0. The zero-order valence-corrected chi connectivity index (χ0v) is 18.5. The minimum Gasteiger partial charge on any atom is -0.497 e. The molecule has 0 spiro atoms. The van der Waals surface area contributed by atoms with Gasteiger partial charge in [0.25, 0.3) is 6.04 Å². The maximum atomic E-state index is 12.6. The van der Waals surface area contributed by atoms with Crippen LogP contribution in [0.5, 0.6) is 5.75 Å². The lowest BCUT2D eigenvalue weighted by atomic mass is 9.51. The van der Waals surface area contributed by atoms with Crippen LogP contribution >= 0.6 is 0 Å². The number of aliphatic hydroxyl groups is 1. The molecule has 1 aliphatic rings. The summed E-state index contributed by atoms with van der Waals surface area (Å²) >= 11 is 0. The van der Waals surface area contributed by atoms with E-state index in [2.05, 4.69) is 12.1 Å². The van der Waals surface area contributed by atoms with E-state index >= 15 is 0 Å². The fourth-order valence-electron chi connectivity index (χ4n) is 5.29. The topological polar surface area (TPSA) is 120 Å². The van der Waals surface area contributed by atoms with Crippen molar-refractivity contribution < 1.29 is 14.8 Å². The minimum absolute atomic E-state index is 0.167. The predicted octanol–water partition coefficient (Wildman–Crippen LogP) is 4.53. The third-order valence-electron chi connectivity index (χ3n) is 6.91. The van der Waals surface area contributed by atoms with Gasteiger partial charge in [-0.05, 0) is 35.2 Å². The highest BCUT2D eigenvalue weighted by molar-refractivity contribution is 5.45. The van der Waals surface area contributed by atoms with E-state index < -0.39 is 33.8 Å². The number of rotatable bonds is 5. The van der Waals surface area contributed by atoms with Crippen LogP contribution in [-0.2, 0) is 5.60 Å². The molecule has 1 aliphatic carbocycles. The minimum atomic E-state index is -1.92. The van der Waals surface area contributed by atoms with Crippen molar-refractivity contribution in [1.82, 2.24) is 0 Å². The van der Waals surface area contributed by atoms with Crippen molar-refractivity contribution in [3.8, 4) is 17.9 Å². The maximum absolute atomic E-state index is 12.6. The molecule has 1 fully saturated rings. The molecule has 34 heavy (non-hydrogen) atoms. The lowest BCUT2D eigenvalue weighted by molar-refractivity contribution is -0.559. The van der Waals surface area contributed by atoms with Crippen LogP contribution in [0.3, 0.4) is 0 Å². The molecule has 1 saturated carbocycles. The Morgan fingerprint density at radius 1 is 0.941 bits per heavy atom. The first-order valence-electron chi connectivity index (χ1n) is 10.8. The van der Waals surface area contributed by atoms with Crippen LogP contribution in [0, 0.1) is 38.2 Å². The molecule has 7 nitrogen and oxygen atoms in total. The van der Waals surface area contributed by atoms with Crippen molar-refractivity contribution in [3.63, 3.8) is 0 Å². The van der Waals surface area contributed by atoms with Gasteiger partial charge in [0.15, 0.2) is 11.0 Å². The highest BCUT2D eigenvalue weighted by Gasteiger charge is 2.67. The van der Waals surface area contributed by atoms with Crippen LogP contribution in [0.1, 0.15) is 34.9 Å². The number of nitrogens with zero attached hydrogens (tertiary/aromatic N) is 3. The Labute approximate surface area is 197 Å². The Balaban J connectivity index is 2.03. The van der Waals surface area contributed by atoms with Gasteiger partial charge in [0, 0.05) is 10.8 Å². The number of methoxy groups -OCH3 is 1. The van der Waals surface area contributed by atoms with Gasteiger partial charge in [0.1, 0.15) is 5.75 Å². The molecule has 4 rings (SSSR count). The molecule has 4 atom stereocenters. The second-order valence-corrected chi connectivity index (χ2v) is 8.53. The third-order valence-corrected chi connectivity index (χ3v) is 6.91. The second kappa shape index (κ2) is 8.97. The molecule has 1 N–H and O–H groups in total. The van der Waals surface area contributed by atoms with Crippen LogP contribution in [0.25, 0.3) is 0 Å². The Morgan fingerprint density at radius 3 is 2.00 bits per heavy atom. The van der Waals surface area contributed by atoms with Crippen LogP contribution in [0.2, 0.25) is 0 Å². The molecule has 0 amide bonds. The normalized spacial score (nSPS) is 25.5. The highest BCUT2D eigenvalue weighted by atomic mass is 16.6. The first-order valence-corrected chi connectivity index (χ1v) is 10.8. The lowest BCUT2D eigenvalue weighted by Gasteiger charge is -2.49. The number of nitro groups is 1. The summed E-state index contributed by atoms with van der Waals surface area (Å²) in [6.45, 7) is 0. The summed E-state index contributed by atoms with van der Waals surface area (Å²) in [5.41, 5.74) is -2.26. The summed E-state index contributed by atoms with van der Waals surface area (Å²) in [5.74, 6) is -1.40. The zero-order chi connectivity index (χ0) is 24.3. The molecule has 0 saturated heterocycles. The Bertz CT molecular complexity index is 1240. The predicted molar refractivity (Wildman–Crippen MR) is 124 cm³/mol. The molecule has 0 aliphatic heterocycles. The van der Waals surface area contributed by atoms with Crippen LogP contribution in [-0.4, -0.2) is 23.2 Å². The van der Waals surface area contributed by atoms with Gasteiger partial charge in [0.2, 0.25) is 0 Å². The van der Waals surface area contributed by atoms with E-state index in [0.29, 0.717) is 22.4 Å². The molecular formula is C27H23N3O4. The Morgan fingerprint density at radius 2 is 1.50 bits per heavy atom. The largest absolute Gasteiger partial charge is 0.497 e. The van der Waals surface area contributed by atoms with Crippen molar-refractivity contribution in [2.24, 2.45) is 5.41 Å². The third kappa shape index (κ3) is 3.57. The lowest BCUT2D eigenvalue weighted by Crippen LogP contribution is -2.59. The van der Waals surface area contributed by atoms with Gasteiger partial charge < -0.3 is 9.84 Å². The Hall–Kier alpha value is -4.20. The number of ether oxygens (including phenoxy) is 1. The Kier molecular flexibility index (Phi) is 6.06. The maximum Gasteiger partial charge on any atom is 0.254 e. The fraction of sp³-hybridized carbons (Fsp3) is 0.259.